The minimum atomic E-state index is 0.0324. The van der Waals surface area contributed by atoms with E-state index in [4.69, 9.17) is 15.7 Å². The highest BCUT2D eigenvalue weighted by Crippen LogP contribution is 2.15. The number of hydrogen-bond acceptors (Lipinski definition) is 3. The highest BCUT2D eigenvalue weighted by Gasteiger charge is 1.98. The fraction of sp³-hybridized carbons (Fsp3) is 0.300. The Morgan fingerprint density at radius 1 is 1.46 bits per heavy atom. The van der Waals surface area contributed by atoms with Gasteiger partial charge in [-0.15, -0.1) is 0 Å². The Kier molecular flexibility index (Phi) is 3.30. The monoisotopic (exact) mass is 176 g/mol. The van der Waals surface area contributed by atoms with E-state index in [-0.39, 0.29) is 12.6 Å². The topological polar surface area (TPSA) is 59.0 Å². The maximum atomic E-state index is 8.28. The lowest BCUT2D eigenvalue weighted by molar-refractivity contribution is 0.368. The van der Waals surface area contributed by atoms with E-state index in [0.29, 0.717) is 5.75 Å². The highest BCUT2D eigenvalue weighted by atomic mass is 16.5. The maximum absolute atomic E-state index is 8.28. The summed E-state index contributed by atoms with van der Waals surface area (Å²) in [5.41, 5.74) is 6.73. The molecule has 1 atom stereocenters. The van der Waals surface area contributed by atoms with Crippen molar-refractivity contribution in [2.75, 3.05) is 6.61 Å². The fourth-order valence-corrected chi connectivity index (χ4v) is 0.983. The van der Waals surface area contributed by atoms with Gasteiger partial charge >= 0.3 is 0 Å². The number of nitrogens with zero attached hydrogens (tertiary/aromatic N) is 1. The summed E-state index contributed by atoms with van der Waals surface area (Å²) in [5.74, 6) is 0.700. The van der Waals surface area contributed by atoms with Crippen LogP contribution >= 0.6 is 0 Å². The Morgan fingerprint density at radius 2 is 2.08 bits per heavy atom. The van der Waals surface area contributed by atoms with Gasteiger partial charge in [0.15, 0.2) is 6.61 Å². The molecule has 0 amide bonds. The molecule has 1 aromatic carbocycles. The molecule has 0 bridgehead atoms. The number of nitriles is 1. The van der Waals surface area contributed by atoms with Gasteiger partial charge in [-0.3, -0.25) is 0 Å². The van der Waals surface area contributed by atoms with E-state index in [2.05, 4.69) is 0 Å². The molecular weight excluding hydrogens is 164 g/mol. The van der Waals surface area contributed by atoms with Crippen LogP contribution in [-0.4, -0.2) is 6.61 Å². The molecule has 2 N–H and O–H groups in total. The minimum absolute atomic E-state index is 0.0324. The van der Waals surface area contributed by atoms with Gasteiger partial charge < -0.3 is 10.5 Å². The van der Waals surface area contributed by atoms with Gasteiger partial charge in [0.25, 0.3) is 0 Å². The second-order valence-corrected chi connectivity index (χ2v) is 2.80. The summed E-state index contributed by atoms with van der Waals surface area (Å²) in [5, 5.41) is 8.28. The molecule has 3 nitrogen and oxygen atoms in total. The molecule has 0 heterocycles. The molecular formula is C10H12N2O. The van der Waals surface area contributed by atoms with E-state index in [1.165, 1.54) is 0 Å². The number of rotatable bonds is 3. The number of hydrogen-bond donors (Lipinski definition) is 1. The van der Waals surface area contributed by atoms with Crippen LogP contribution in [-0.2, 0) is 0 Å². The highest BCUT2D eigenvalue weighted by molar-refractivity contribution is 5.28. The Hall–Kier alpha value is -1.53. The number of benzene rings is 1. The van der Waals surface area contributed by atoms with Crippen molar-refractivity contribution in [3.63, 3.8) is 0 Å². The molecule has 0 aliphatic heterocycles. The SMILES string of the molecule is CC(N)c1ccc(OCC#N)cc1. The third kappa shape index (κ3) is 2.77. The summed E-state index contributed by atoms with van der Waals surface area (Å²) in [6.45, 7) is 2.00. The van der Waals surface area contributed by atoms with Crippen molar-refractivity contribution < 1.29 is 4.74 Å². The minimum Gasteiger partial charge on any atom is -0.479 e. The first-order valence-corrected chi connectivity index (χ1v) is 4.09. The fourth-order valence-electron chi connectivity index (χ4n) is 0.983. The first-order valence-electron chi connectivity index (χ1n) is 4.09. The molecule has 1 unspecified atom stereocenters. The van der Waals surface area contributed by atoms with E-state index in [1.807, 2.05) is 37.3 Å². The molecule has 1 aromatic rings. The third-order valence-electron chi connectivity index (χ3n) is 1.71. The van der Waals surface area contributed by atoms with Crippen molar-refractivity contribution >= 4 is 0 Å². The molecule has 13 heavy (non-hydrogen) atoms. The van der Waals surface area contributed by atoms with Crippen LogP contribution in [0.3, 0.4) is 0 Å². The lowest BCUT2D eigenvalue weighted by Crippen LogP contribution is -2.04. The molecule has 68 valence electrons. The van der Waals surface area contributed by atoms with Crippen LogP contribution in [0, 0.1) is 11.3 Å². The summed E-state index contributed by atoms with van der Waals surface area (Å²) >= 11 is 0. The summed E-state index contributed by atoms with van der Waals surface area (Å²) in [4.78, 5) is 0. The zero-order valence-electron chi connectivity index (χ0n) is 7.53. The van der Waals surface area contributed by atoms with Crippen molar-refractivity contribution in [3.05, 3.63) is 29.8 Å². The molecule has 0 aliphatic carbocycles. The normalized spacial score (nSPS) is 11.8. The van der Waals surface area contributed by atoms with Gasteiger partial charge in [0, 0.05) is 6.04 Å². The predicted molar refractivity (Wildman–Crippen MR) is 50.2 cm³/mol. The van der Waals surface area contributed by atoms with Crippen LogP contribution in [0.5, 0.6) is 5.75 Å². The first-order chi connectivity index (χ1) is 6.24. The molecule has 1 rings (SSSR count). The van der Waals surface area contributed by atoms with Gasteiger partial charge in [-0.1, -0.05) is 12.1 Å². The van der Waals surface area contributed by atoms with E-state index < -0.39 is 0 Å². The van der Waals surface area contributed by atoms with Crippen LogP contribution in [0.4, 0.5) is 0 Å². The Labute approximate surface area is 77.7 Å². The summed E-state index contributed by atoms with van der Waals surface area (Å²) < 4.78 is 5.09. The average molecular weight is 176 g/mol. The lowest BCUT2D eigenvalue weighted by atomic mass is 10.1. The molecule has 0 fully saturated rings. The zero-order valence-corrected chi connectivity index (χ0v) is 7.53. The van der Waals surface area contributed by atoms with Gasteiger partial charge in [-0.05, 0) is 24.6 Å². The second kappa shape index (κ2) is 4.48. The summed E-state index contributed by atoms with van der Waals surface area (Å²) in [6.07, 6.45) is 0. The molecule has 0 radical (unpaired) electrons. The van der Waals surface area contributed by atoms with Crippen LogP contribution in [0.15, 0.2) is 24.3 Å². The summed E-state index contributed by atoms with van der Waals surface area (Å²) in [7, 11) is 0. The van der Waals surface area contributed by atoms with Gasteiger partial charge in [0.05, 0.1) is 0 Å². The maximum Gasteiger partial charge on any atom is 0.174 e. The number of ether oxygens (including phenoxy) is 1. The van der Waals surface area contributed by atoms with Gasteiger partial charge in [0.1, 0.15) is 11.8 Å². The Bertz CT molecular complexity index is 298. The number of nitrogens with two attached hydrogens (primary N) is 1. The molecule has 0 saturated heterocycles. The van der Waals surface area contributed by atoms with Gasteiger partial charge in [-0.25, -0.2) is 0 Å². The van der Waals surface area contributed by atoms with Crippen molar-refractivity contribution in [2.24, 2.45) is 5.73 Å². The first kappa shape index (κ1) is 9.56. The standard InChI is InChI=1S/C10H12N2O/c1-8(12)9-2-4-10(5-3-9)13-7-6-11/h2-5,8H,7,12H2,1H3. The molecule has 0 saturated carbocycles. The summed E-state index contributed by atoms with van der Waals surface area (Å²) in [6, 6.07) is 9.37. The molecule has 0 spiro atoms. The van der Waals surface area contributed by atoms with Crippen LogP contribution in [0.25, 0.3) is 0 Å². The smallest absolute Gasteiger partial charge is 0.174 e. The van der Waals surface area contributed by atoms with Crippen LogP contribution in [0.1, 0.15) is 18.5 Å². The van der Waals surface area contributed by atoms with E-state index >= 15 is 0 Å². The molecule has 0 aromatic heterocycles. The van der Waals surface area contributed by atoms with Crippen molar-refractivity contribution in [1.29, 1.82) is 5.26 Å². The van der Waals surface area contributed by atoms with Gasteiger partial charge in [-0.2, -0.15) is 5.26 Å². The second-order valence-electron chi connectivity index (χ2n) is 2.80. The predicted octanol–water partition coefficient (Wildman–Crippen LogP) is 1.61. The third-order valence-corrected chi connectivity index (χ3v) is 1.71. The van der Waals surface area contributed by atoms with Crippen molar-refractivity contribution in [3.8, 4) is 11.8 Å². The van der Waals surface area contributed by atoms with E-state index in [0.717, 1.165) is 5.56 Å². The van der Waals surface area contributed by atoms with Crippen molar-refractivity contribution in [1.82, 2.24) is 0 Å². The molecule has 3 heteroatoms. The van der Waals surface area contributed by atoms with Gasteiger partial charge in [0.2, 0.25) is 0 Å². The zero-order chi connectivity index (χ0) is 9.68. The van der Waals surface area contributed by atoms with Crippen LogP contribution in [0.2, 0.25) is 0 Å². The molecule has 0 aliphatic rings. The Morgan fingerprint density at radius 3 is 2.54 bits per heavy atom. The van der Waals surface area contributed by atoms with E-state index in [9.17, 15) is 0 Å². The Balaban J connectivity index is 2.65. The quantitative estimate of drug-likeness (QED) is 0.761. The van der Waals surface area contributed by atoms with Crippen molar-refractivity contribution in [2.45, 2.75) is 13.0 Å². The van der Waals surface area contributed by atoms with Crippen LogP contribution < -0.4 is 10.5 Å². The van der Waals surface area contributed by atoms with E-state index in [1.54, 1.807) is 0 Å². The largest absolute Gasteiger partial charge is 0.479 e. The lowest BCUT2D eigenvalue weighted by Gasteiger charge is -2.06. The average Bonchev–Trinajstić information content (AvgIpc) is 2.15.